The van der Waals surface area contributed by atoms with Gasteiger partial charge in [0.05, 0.1) is 18.4 Å². The molecule has 2 aliphatic heterocycles. The number of ether oxygens (including phenoxy) is 2. The standard InChI is InChI=1S/C20H26O4/c1-10-8-19-9-12(10)4-5-14(19)20-7-6-13(24-18(20)22)11(2)15(20)16(19)17(21)23-3/h11-16H,1,4-9H2,2-3H3/t11-,12+,13+,14+,15-,16+,19-,20+/m0/s1. The van der Waals surface area contributed by atoms with E-state index in [1.165, 1.54) is 12.7 Å². The smallest absolute Gasteiger partial charge is 0.312 e. The number of allylic oxidation sites excluding steroid dienone is 1. The summed E-state index contributed by atoms with van der Waals surface area (Å²) in [6.45, 7) is 6.50. The van der Waals surface area contributed by atoms with E-state index < -0.39 is 5.41 Å². The average molecular weight is 330 g/mol. The van der Waals surface area contributed by atoms with Crippen LogP contribution in [-0.2, 0) is 19.1 Å². The van der Waals surface area contributed by atoms with Gasteiger partial charge in [0.2, 0.25) is 0 Å². The van der Waals surface area contributed by atoms with Crippen LogP contribution in [0.1, 0.15) is 45.4 Å². The quantitative estimate of drug-likeness (QED) is 0.547. The third-order valence-electron chi connectivity index (χ3n) is 8.54. The lowest BCUT2D eigenvalue weighted by Gasteiger charge is -2.54. The molecule has 4 aliphatic carbocycles. The minimum atomic E-state index is -0.456. The number of hydrogen-bond acceptors (Lipinski definition) is 4. The molecule has 4 nitrogen and oxygen atoms in total. The molecular weight excluding hydrogens is 304 g/mol. The van der Waals surface area contributed by atoms with Gasteiger partial charge in [-0.2, -0.15) is 0 Å². The van der Waals surface area contributed by atoms with Crippen LogP contribution in [0.15, 0.2) is 12.2 Å². The molecule has 8 atom stereocenters. The highest BCUT2D eigenvalue weighted by molar-refractivity contribution is 5.85. The number of esters is 2. The van der Waals surface area contributed by atoms with E-state index in [9.17, 15) is 9.59 Å². The Morgan fingerprint density at radius 2 is 2.12 bits per heavy atom. The Bertz CT molecular complexity index is 654. The molecule has 6 rings (SSSR count). The summed E-state index contributed by atoms with van der Waals surface area (Å²) < 4.78 is 11.1. The van der Waals surface area contributed by atoms with Gasteiger partial charge in [-0.25, -0.2) is 0 Å². The molecule has 0 aromatic rings. The van der Waals surface area contributed by atoms with Crippen LogP contribution in [0.5, 0.6) is 0 Å². The molecule has 0 aromatic heterocycles. The van der Waals surface area contributed by atoms with Crippen molar-refractivity contribution < 1.29 is 19.1 Å². The SMILES string of the molecule is C=C1C[C@]23C[C@H]1CC[C@H]2[C@@]12CC[C@@H](OC1=O)[C@H](C)[C@H]2[C@@H]3C(=O)OC. The fourth-order valence-electron chi connectivity index (χ4n) is 7.87. The van der Waals surface area contributed by atoms with Gasteiger partial charge in [0.1, 0.15) is 6.10 Å². The van der Waals surface area contributed by atoms with Crippen molar-refractivity contribution in [2.24, 2.45) is 40.4 Å². The Morgan fingerprint density at radius 1 is 1.33 bits per heavy atom. The van der Waals surface area contributed by atoms with Gasteiger partial charge < -0.3 is 9.47 Å². The Hall–Kier alpha value is -1.32. The molecule has 130 valence electrons. The Balaban J connectivity index is 1.74. The van der Waals surface area contributed by atoms with Crippen LogP contribution < -0.4 is 0 Å². The zero-order valence-corrected chi connectivity index (χ0v) is 14.5. The lowest BCUT2D eigenvalue weighted by molar-refractivity contribution is -0.209. The van der Waals surface area contributed by atoms with Crippen molar-refractivity contribution >= 4 is 11.9 Å². The fraction of sp³-hybridized carbons (Fsp3) is 0.800. The van der Waals surface area contributed by atoms with Gasteiger partial charge in [-0.1, -0.05) is 19.1 Å². The van der Waals surface area contributed by atoms with Crippen molar-refractivity contribution in [2.75, 3.05) is 7.11 Å². The third kappa shape index (κ3) is 1.40. The van der Waals surface area contributed by atoms with Crippen molar-refractivity contribution in [1.82, 2.24) is 0 Å². The summed E-state index contributed by atoms with van der Waals surface area (Å²) in [5, 5.41) is 0. The molecule has 4 saturated carbocycles. The fourth-order valence-corrected chi connectivity index (χ4v) is 7.87. The van der Waals surface area contributed by atoms with Crippen LogP contribution in [0.2, 0.25) is 0 Å². The first kappa shape index (κ1) is 15.0. The Labute approximate surface area is 143 Å². The van der Waals surface area contributed by atoms with Crippen LogP contribution in [0, 0.1) is 40.4 Å². The molecular formula is C20H26O4. The third-order valence-corrected chi connectivity index (χ3v) is 8.54. The van der Waals surface area contributed by atoms with Crippen molar-refractivity contribution in [2.45, 2.75) is 51.6 Å². The second-order valence-corrected chi connectivity index (χ2v) is 9.01. The first-order valence-corrected chi connectivity index (χ1v) is 9.42. The molecule has 24 heavy (non-hydrogen) atoms. The van der Waals surface area contributed by atoms with Crippen molar-refractivity contribution in [3.8, 4) is 0 Å². The first-order chi connectivity index (χ1) is 11.5. The zero-order valence-electron chi connectivity index (χ0n) is 14.5. The summed E-state index contributed by atoms with van der Waals surface area (Å²) in [6, 6.07) is 0. The molecule has 6 aliphatic rings. The van der Waals surface area contributed by atoms with E-state index in [0.29, 0.717) is 5.92 Å². The van der Waals surface area contributed by atoms with Crippen LogP contribution >= 0.6 is 0 Å². The number of methoxy groups -OCH3 is 1. The highest BCUT2D eigenvalue weighted by atomic mass is 16.6. The van der Waals surface area contributed by atoms with Gasteiger partial charge in [-0.3, -0.25) is 9.59 Å². The number of carbonyl (C=O) groups is 2. The van der Waals surface area contributed by atoms with E-state index in [1.807, 2.05) is 0 Å². The topological polar surface area (TPSA) is 52.6 Å². The van der Waals surface area contributed by atoms with Gasteiger partial charge in [-0.15, -0.1) is 0 Å². The van der Waals surface area contributed by atoms with Crippen molar-refractivity contribution in [3.05, 3.63) is 12.2 Å². The first-order valence-electron chi connectivity index (χ1n) is 9.42. The summed E-state index contributed by atoms with van der Waals surface area (Å²) in [4.78, 5) is 26.0. The van der Waals surface area contributed by atoms with E-state index in [-0.39, 0.29) is 47.1 Å². The van der Waals surface area contributed by atoms with Crippen LogP contribution in [0.4, 0.5) is 0 Å². The van der Waals surface area contributed by atoms with Gasteiger partial charge in [0.15, 0.2) is 0 Å². The molecule has 0 aromatic carbocycles. The molecule has 6 fully saturated rings. The maximum Gasteiger partial charge on any atom is 0.312 e. The minimum absolute atomic E-state index is 0.0198. The molecule has 0 N–H and O–H groups in total. The number of rotatable bonds is 1. The highest BCUT2D eigenvalue weighted by Crippen LogP contribution is 2.77. The normalized spacial score (nSPS) is 54.2. The lowest BCUT2D eigenvalue weighted by atomic mass is 9.55. The molecule has 4 bridgehead atoms. The lowest BCUT2D eigenvalue weighted by Crippen LogP contribution is -2.59. The van der Waals surface area contributed by atoms with Crippen molar-refractivity contribution in [1.29, 1.82) is 0 Å². The zero-order chi connectivity index (χ0) is 16.9. The van der Waals surface area contributed by atoms with E-state index in [2.05, 4.69) is 13.5 Å². The number of fused-ring (bicyclic) bond motifs is 3. The molecule has 0 radical (unpaired) electrons. The van der Waals surface area contributed by atoms with Gasteiger partial charge in [0.25, 0.3) is 0 Å². The monoisotopic (exact) mass is 330 g/mol. The van der Waals surface area contributed by atoms with E-state index in [4.69, 9.17) is 9.47 Å². The molecule has 2 saturated heterocycles. The predicted molar refractivity (Wildman–Crippen MR) is 86.7 cm³/mol. The largest absolute Gasteiger partial charge is 0.469 e. The van der Waals surface area contributed by atoms with Gasteiger partial charge in [-0.05, 0) is 67.6 Å². The average Bonchev–Trinajstić information content (AvgIpc) is 2.97. The summed E-state index contributed by atoms with van der Waals surface area (Å²) in [7, 11) is 1.49. The number of carbonyl (C=O) groups excluding carboxylic acids is 2. The maximum absolute atomic E-state index is 13.1. The van der Waals surface area contributed by atoms with Crippen LogP contribution in [0.3, 0.4) is 0 Å². The highest BCUT2D eigenvalue weighted by Gasteiger charge is 2.78. The molecule has 2 heterocycles. The summed E-state index contributed by atoms with van der Waals surface area (Å²) >= 11 is 0. The minimum Gasteiger partial charge on any atom is -0.469 e. The van der Waals surface area contributed by atoms with Gasteiger partial charge in [0, 0.05) is 0 Å². The predicted octanol–water partition coefficient (Wildman–Crippen LogP) is 3.11. The second-order valence-electron chi connectivity index (χ2n) is 9.01. The van der Waals surface area contributed by atoms with Crippen LogP contribution in [-0.4, -0.2) is 25.2 Å². The summed E-state index contributed by atoms with van der Waals surface area (Å²) in [5.74, 6) is 0.810. The second kappa shape index (κ2) is 4.44. The van der Waals surface area contributed by atoms with Gasteiger partial charge >= 0.3 is 11.9 Å². The maximum atomic E-state index is 13.1. The summed E-state index contributed by atoms with van der Waals surface area (Å²) in [6.07, 6.45) is 5.87. The molecule has 4 heteroatoms. The van der Waals surface area contributed by atoms with E-state index in [0.717, 1.165) is 38.5 Å². The molecule has 2 spiro atoms. The molecule has 0 amide bonds. The Kier molecular flexibility index (Phi) is 2.77. The summed E-state index contributed by atoms with van der Waals surface area (Å²) in [5.41, 5.74) is 0.712. The number of hydrogen-bond donors (Lipinski definition) is 0. The Morgan fingerprint density at radius 3 is 2.83 bits per heavy atom. The van der Waals surface area contributed by atoms with E-state index in [1.54, 1.807) is 0 Å². The molecule has 0 unspecified atom stereocenters. The van der Waals surface area contributed by atoms with E-state index >= 15 is 0 Å². The van der Waals surface area contributed by atoms with Crippen molar-refractivity contribution in [3.63, 3.8) is 0 Å². The van der Waals surface area contributed by atoms with Crippen LogP contribution in [0.25, 0.3) is 0 Å².